The molecular weight excluding hydrogens is 254 g/mol. The SMILES string of the molecule is CCCN[C@@H]1CCCc2c(ccc(OC)c2OC)[C@@H]1O. The van der Waals surface area contributed by atoms with Gasteiger partial charge >= 0.3 is 0 Å². The third-order valence-electron chi connectivity index (χ3n) is 3.98. The number of rotatable bonds is 5. The highest BCUT2D eigenvalue weighted by molar-refractivity contribution is 5.52. The van der Waals surface area contributed by atoms with Crippen LogP contribution in [0, 0.1) is 0 Å². The molecule has 1 aliphatic rings. The molecule has 0 fully saturated rings. The van der Waals surface area contributed by atoms with Crippen molar-refractivity contribution in [2.75, 3.05) is 20.8 Å². The summed E-state index contributed by atoms with van der Waals surface area (Å²) in [5.74, 6) is 1.50. The van der Waals surface area contributed by atoms with Gasteiger partial charge in [-0.2, -0.15) is 0 Å². The van der Waals surface area contributed by atoms with Crippen molar-refractivity contribution < 1.29 is 14.6 Å². The Morgan fingerprint density at radius 2 is 2.10 bits per heavy atom. The van der Waals surface area contributed by atoms with Crippen molar-refractivity contribution in [3.05, 3.63) is 23.3 Å². The first-order chi connectivity index (χ1) is 9.72. The minimum Gasteiger partial charge on any atom is -0.493 e. The molecule has 0 radical (unpaired) electrons. The van der Waals surface area contributed by atoms with E-state index in [1.165, 1.54) is 0 Å². The lowest BCUT2D eigenvalue weighted by Crippen LogP contribution is -2.35. The number of hydrogen-bond acceptors (Lipinski definition) is 4. The van der Waals surface area contributed by atoms with Gasteiger partial charge in [0.1, 0.15) is 0 Å². The van der Waals surface area contributed by atoms with Crippen molar-refractivity contribution >= 4 is 0 Å². The highest BCUT2D eigenvalue weighted by Crippen LogP contribution is 2.40. The summed E-state index contributed by atoms with van der Waals surface area (Å²) >= 11 is 0. The first-order valence-electron chi connectivity index (χ1n) is 7.38. The van der Waals surface area contributed by atoms with Gasteiger partial charge in [-0.05, 0) is 43.9 Å². The monoisotopic (exact) mass is 279 g/mol. The molecule has 112 valence electrons. The number of fused-ring (bicyclic) bond motifs is 1. The average Bonchev–Trinajstić information content (AvgIpc) is 2.63. The van der Waals surface area contributed by atoms with Crippen molar-refractivity contribution in [1.82, 2.24) is 5.32 Å². The Hall–Kier alpha value is -1.26. The zero-order chi connectivity index (χ0) is 14.5. The standard InChI is InChI=1S/C16H25NO3/c1-4-10-17-13-7-5-6-12-11(15(13)18)8-9-14(19-2)16(12)20-3/h8-9,13,15,17-18H,4-7,10H2,1-3H3/t13-,15+/m1/s1. The Morgan fingerprint density at radius 3 is 2.75 bits per heavy atom. The van der Waals surface area contributed by atoms with Crippen LogP contribution in [0.5, 0.6) is 11.5 Å². The molecule has 0 unspecified atom stereocenters. The fourth-order valence-corrected chi connectivity index (χ4v) is 2.96. The van der Waals surface area contributed by atoms with Gasteiger partial charge in [0.2, 0.25) is 0 Å². The second kappa shape index (κ2) is 6.95. The molecule has 0 aliphatic heterocycles. The number of ether oxygens (including phenoxy) is 2. The summed E-state index contributed by atoms with van der Waals surface area (Å²) in [6, 6.07) is 3.96. The van der Waals surface area contributed by atoms with Crippen molar-refractivity contribution in [2.45, 2.75) is 44.8 Å². The van der Waals surface area contributed by atoms with Crippen molar-refractivity contribution in [1.29, 1.82) is 0 Å². The molecule has 0 heterocycles. The van der Waals surface area contributed by atoms with Crippen molar-refractivity contribution in [2.24, 2.45) is 0 Å². The van der Waals surface area contributed by atoms with Gasteiger partial charge in [0, 0.05) is 11.6 Å². The Morgan fingerprint density at radius 1 is 1.30 bits per heavy atom. The smallest absolute Gasteiger partial charge is 0.164 e. The molecular formula is C16H25NO3. The van der Waals surface area contributed by atoms with Crippen LogP contribution in [0.25, 0.3) is 0 Å². The average molecular weight is 279 g/mol. The normalized spacial score (nSPS) is 22.0. The zero-order valence-corrected chi connectivity index (χ0v) is 12.6. The molecule has 0 amide bonds. The van der Waals surface area contributed by atoms with E-state index in [1.54, 1.807) is 14.2 Å². The van der Waals surface area contributed by atoms with E-state index in [0.717, 1.165) is 54.9 Å². The van der Waals surface area contributed by atoms with Gasteiger partial charge in [0.05, 0.1) is 20.3 Å². The van der Waals surface area contributed by atoms with Crippen LogP contribution in [0.1, 0.15) is 43.4 Å². The van der Waals surface area contributed by atoms with Gasteiger partial charge in [-0.25, -0.2) is 0 Å². The zero-order valence-electron chi connectivity index (χ0n) is 12.6. The summed E-state index contributed by atoms with van der Waals surface area (Å²) < 4.78 is 10.8. The Kier molecular flexibility index (Phi) is 5.26. The third kappa shape index (κ3) is 2.91. The Bertz CT molecular complexity index is 448. The van der Waals surface area contributed by atoms with E-state index in [2.05, 4.69) is 12.2 Å². The van der Waals surface area contributed by atoms with E-state index >= 15 is 0 Å². The first-order valence-corrected chi connectivity index (χ1v) is 7.38. The van der Waals surface area contributed by atoms with Gasteiger partial charge in [-0.1, -0.05) is 13.0 Å². The predicted octanol–water partition coefficient (Wildman–Crippen LogP) is 2.44. The lowest BCUT2D eigenvalue weighted by Gasteiger charge is -2.24. The topological polar surface area (TPSA) is 50.7 Å². The highest BCUT2D eigenvalue weighted by atomic mass is 16.5. The first kappa shape index (κ1) is 15.1. The van der Waals surface area contributed by atoms with Crippen LogP contribution >= 0.6 is 0 Å². The molecule has 20 heavy (non-hydrogen) atoms. The van der Waals surface area contributed by atoms with Gasteiger partial charge in [-0.3, -0.25) is 0 Å². The quantitative estimate of drug-likeness (QED) is 0.813. The molecule has 4 nitrogen and oxygen atoms in total. The second-order valence-corrected chi connectivity index (χ2v) is 5.27. The lowest BCUT2D eigenvalue weighted by atomic mass is 9.97. The number of nitrogens with one attached hydrogen (secondary N) is 1. The molecule has 4 heteroatoms. The number of benzene rings is 1. The maximum atomic E-state index is 10.7. The summed E-state index contributed by atoms with van der Waals surface area (Å²) in [5, 5.41) is 14.1. The molecule has 0 saturated heterocycles. The fourth-order valence-electron chi connectivity index (χ4n) is 2.96. The van der Waals surface area contributed by atoms with Gasteiger partial charge in [0.25, 0.3) is 0 Å². The molecule has 0 spiro atoms. The molecule has 1 aromatic rings. The number of hydrogen-bond donors (Lipinski definition) is 2. The highest BCUT2D eigenvalue weighted by Gasteiger charge is 2.28. The molecule has 2 N–H and O–H groups in total. The summed E-state index contributed by atoms with van der Waals surface area (Å²) in [7, 11) is 3.30. The summed E-state index contributed by atoms with van der Waals surface area (Å²) in [6.45, 7) is 3.07. The molecule has 2 rings (SSSR count). The van der Waals surface area contributed by atoms with E-state index in [0.29, 0.717) is 0 Å². The molecule has 0 bridgehead atoms. The number of methoxy groups -OCH3 is 2. The van der Waals surface area contributed by atoms with Crippen LogP contribution in [0.2, 0.25) is 0 Å². The van der Waals surface area contributed by atoms with Crippen LogP contribution in [0.3, 0.4) is 0 Å². The van der Waals surface area contributed by atoms with Crippen molar-refractivity contribution in [3.63, 3.8) is 0 Å². The second-order valence-electron chi connectivity index (χ2n) is 5.27. The van der Waals surface area contributed by atoms with Crippen LogP contribution in [0.4, 0.5) is 0 Å². The predicted molar refractivity (Wildman–Crippen MR) is 79.5 cm³/mol. The maximum Gasteiger partial charge on any atom is 0.164 e. The van der Waals surface area contributed by atoms with Crippen LogP contribution in [0.15, 0.2) is 12.1 Å². The van der Waals surface area contributed by atoms with E-state index < -0.39 is 6.10 Å². The Balaban J connectivity index is 2.35. The maximum absolute atomic E-state index is 10.7. The van der Waals surface area contributed by atoms with Crippen LogP contribution in [-0.2, 0) is 6.42 Å². The van der Waals surface area contributed by atoms with Crippen molar-refractivity contribution in [3.8, 4) is 11.5 Å². The minimum atomic E-state index is -0.487. The fraction of sp³-hybridized carbons (Fsp3) is 0.625. The third-order valence-corrected chi connectivity index (χ3v) is 3.98. The summed E-state index contributed by atoms with van der Waals surface area (Å²) in [6.07, 6.45) is 3.51. The molecule has 0 aromatic heterocycles. The number of aliphatic hydroxyl groups is 1. The number of aliphatic hydroxyl groups excluding tert-OH is 1. The van der Waals surface area contributed by atoms with E-state index in [-0.39, 0.29) is 6.04 Å². The van der Waals surface area contributed by atoms with Crippen LogP contribution < -0.4 is 14.8 Å². The van der Waals surface area contributed by atoms with Gasteiger partial charge < -0.3 is 19.9 Å². The minimum absolute atomic E-state index is 0.120. The largest absolute Gasteiger partial charge is 0.493 e. The van der Waals surface area contributed by atoms with Crippen LogP contribution in [-0.4, -0.2) is 31.9 Å². The lowest BCUT2D eigenvalue weighted by molar-refractivity contribution is 0.125. The molecule has 2 atom stereocenters. The van der Waals surface area contributed by atoms with E-state index in [4.69, 9.17) is 9.47 Å². The molecule has 1 aliphatic carbocycles. The molecule has 1 aromatic carbocycles. The summed E-state index contributed by atoms with van der Waals surface area (Å²) in [4.78, 5) is 0. The van der Waals surface area contributed by atoms with Gasteiger partial charge in [0.15, 0.2) is 11.5 Å². The molecule has 0 saturated carbocycles. The van der Waals surface area contributed by atoms with E-state index in [9.17, 15) is 5.11 Å². The summed E-state index contributed by atoms with van der Waals surface area (Å²) in [5.41, 5.74) is 2.05. The van der Waals surface area contributed by atoms with Gasteiger partial charge in [-0.15, -0.1) is 0 Å². The van der Waals surface area contributed by atoms with E-state index in [1.807, 2.05) is 12.1 Å². The Labute approximate surface area is 121 Å².